The molecule has 0 amide bonds. The van der Waals surface area contributed by atoms with E-state index < -0.39 is 0 Å². The summed E-state index contributed by atoms with van der Waals surface area (Å²) >= 11 is 47.0. The quantitative estimate of drug-likeness (QED) is 0.143. The normalized spacial score (nSPS) is 22.1. The summed E-state index contributed by atoms with van der Waals surface area (Å²) in [5, 5.41) is 0. The monoisotopic (exact) mass is 1230 g/mol. The van der Waals surface area contributed by atoms with Crippen LogP contribution < -0.4 is 0 Å². The Labute approximate surface area is 458 Å². The van der Waals surface area contributed by atoms with Gasteiger partial charge in [-0.3, -0.25) is 0 Å². The van der Waals surface area contributed by atoms with Gasteiger partial charge in [-0.1, -0.05) is 188 Å². The van der Waals surface area contributed by atoms with Gasteiger partial charge in [0, 0.05) is 0 Å². The van der Waals surface area contributed by atoms with E-state index in [1.807, 2.05) is 282 Å². The van der Waals surface area contributed by atoms with Crippen molar-refractivity contribution in [3.63, 3.8) is 0 Å². The molecule has 0 N–H and O–H groups in total. The van der Waals surface area contributed by atoms with Crippen molar-refractivity contribution in [1.29, 1.82) is 0 Å². The highest BCUT2D eigenvalue weighted by molar-refractivity contribution is 8.51. The first-order valence-electron chi connectivity index (χ1n) is 17.3. The molecule has 8 rings (SSSR count). The van der Waals surface area contributed by atoms with E-state index in [9.17, 15) is 0 Å². The maximum Gasteiger partial charge on any atom is 0.0718 e. The van der Waals surface area contributed by atoms with Crippen LogP contribution in [0.15, 0.2) is 108 Å². The molecule has 60 heavy (non-hydrogen) atoms. The molecular formula is C36H34S24. The van der Waals surface area contributed by atoms with E-state index in [1.54, 1.807) is 0 Å². The number of rotatable bonds is 15. The molecule has 8 heterocycles. The summed E-state index contributed by atoms with van der Waals surface area (Å²) in [6, 6.07) is 0. The lowest BCUT2D eigenvalue weighted by Crippen LogP contribution is -1.89. The molecule has 0 radical (unpaired) electrons. The van der Waals surface area contributed by atoms with Crippen molar-refractivity contribution in [2.75, 3.05) is 50.0 Å². The molecule has 8 aliphatic rings. The Hall–Kier alpha value is 5.28. The lowest BCUT2D eigenvalue weighted by molar-refractivity contribution is 0.739. The summed E-state index contributed by atoms with van der Waals surface area (Å²) in [7, 11) is 0. The van der Waals surface area contributed by atoms with Gasteiger partial charge in [-0.2, -0.15) is 0 Å². The molecule has 0 unspecified atom stereocenters. The van der Waals surface area contributed by atoms with Crippen LogP contribution in [0.5, 0.6) is 0 Å². The molecule has 0 aliphatic carbocycles. The Bertz CT molecular complexity index is 1930. The molecule has 0 saturated carbocycles. The van der Waals surface area contributed by atoms with Gasteiger partial charge < -0.3 is 0 Å². The molecule has 0 bridgehead atoms. The van der Waals surface area contributed by atoms with Gasteiger partial charge in [-0.25, -0.2) is 0 Å². The smallest absolute Gasteiger partial charge is 0.0718 e. The van der Waals surface area contributed by atoms with E-state index in [0.717, 1.165) is 12.8 Å². The Balaban J connectivity index is 0.942. The van der Waals surface area contributed by atoms with E-state index in [0.29, 0.717) is 0 Å². The summed E-state index contributed by atoms with van der Waals surface area (Å²) in [6.07, 6.45) is 27.4. The first kappa shape index (κ1) is 51.6. The van der Waals surface area contributed by atoms with Gasteiger partial charge in [0.2, 0.25) is 0 Å². The Morgan fingerprint density at radius 1 is 0.300 bits per heavy atom. The molecular weight excluding hydrogens is 1200 g/mol. The van der Waals surface area contributed by atoms with Gasteiger partial charge in [0.25, 0.3) is 0 Å². The van der Waals surface area contributed by atoms with Crippen molar-refractivity contribution in [3.8, 4) is 0 Å². The number of allylic oxidation sites excluding steroid dienone is 4. The van der Waals surface area contributed by atoms with Crippen LogP contribution in [-0.4, -0.2) is 50.0 Å². The minimum Gasteiger partial charge on any atom is -0.121 e. The van der Waals surface area contributed by atoms with Gasteiger partial charge in [0.1, 0.15) is 0 Å². The van der Waals surface area contributed by atoms with Crippen molar-refractivity contribution in [2.45, 2.75) is 25.7 Å². The van der Waals surface area contributed by atoms with Crippen molar-refractivity contribution in [2.24, 2.45) is 0 Å². The number of hydrogen-bond acceptors (Lipinski definition) is 24. The Morgan fingerprint density at radius 2 is 0.517 bits per heavy atom. The summed E-state index contributed by atoms with van der Waals surface area (Å²) in [6.45, 7) is 0. The van der Waals surface area contributed by atoms with Crippen LogP contribution in [0.25, 0.3) is 0 Å². The second-order valence-electron chi connectivity index (χ2n) is 11.6. The van der Waals surface area contributed by atoms with Crippen molar-refractivity contribution in [1.82, 2.24) is 0 Å². The van der Waals surface area contributed by atoms with Crippen LogP contribution in [0.4, 0.5) is 0 Å². The lowest BCUT2D eigenvalue weighted by Gasteiger charge is -2.12. The highest BCUT2D eigenvalue weighted by atomic mass is 32.3. The lowest BCUT2D eigenvalue weighted by atomic mass is 10.1. The predicted octanol–water partition coefficient (Wildman–Crippen LogP) is 22.4. The van der Waals surface area contributed by atoms with Gasteiger partial charge in [-0.05, 0) is 99.0 Å². The highest BCUT2D eigenvalue weighted by Gasteiger charge is 2.37. The zero-order valence-corrected chi connectivity index (χ0v) is 52.4. The largest absolute Gasteiger partial charge is 0.121 e. The van der Waals surface area contributed by atoms with Crippen molar-refractivity contribution in [3.05, 3.63) is 108 Å². The third kappa shape index (κ3) is 12.5. The molecule has 0 aromatic heterocycles. The summed E-state index contributed by atoms with van der Waals surface area (Å²) < 4.78 is 29.2. The zero-order valence-electron chi connectivity index (χ0n) is 32.8. The molecule has 322 valence electrons. The maximum absolute atomic E-state index is 2.56. The van der Waals surface area contributed by atoms with E-state index in [-0.39, 0.29) is 0 Å². The number of unbranched alkanes of at least 4 members (excludes halogenated alkanes) is 1. The molecule has 0 atom stereocenters. The second-order valence-corrected chi connectivity index (χ2v) is 39.8. The van der Waals surface area contributed by atoms with Crippen LogP contribution >= 0.6 is 282 Å². The van der Waals surface area contributed by atoms with Crippen LogP contribution in [0.3, 0.4) is 0 Å². The molecule has 0 fully saturated rings. The maximum atomic E-state index is 2.56. The van der Waals surface area contributed by atoms with Crippen molar-refractivity contribution < 1.29 is 0 Å². The molecule has 24 heteroatoms. The van der Waals surface area contributed by atoms with Gasteiger partial charge in [0.15, 0.2) is 0 Å². The number of hydrogen-bond donors (Lipinski definition) is 0. The zero-order chi connectivity index (χ0) is 41.9. The molecule has 0 aromatic rings. The van der Waals surface area contributed by atoms with Crippen LogP contribution in [0, 0.1) is 0 Å². The molecule has 0 saturated heterocycles. The van der Waals surface area contributed by atoms with Gasteiger partial charge in [0.05, 0.1) is 84.7 Å². The minimum atomic E-state index is 1.10. The van der Waals surface area contributed by atoms with Crippen LogP contribution in [-0.2, 0) is 0 Å². The fraction of sp³-hybridized carbons (Fsp3) is 0.333. The van der Waals surface area contributed by atoms with E-state index in [2.05, 4.69) is 62.2 Å². The summed E-state index contributed by atoms with van der Waals surface area (Å²) in [5.74, 6) is 0. The third-order valence-electron chi connectivity index (χ3n) is 8.07. The fourth-order valence-electron chi connectivity index (χ4n) is 5.39. The minimum absolute atomic E-state index is 1.10. The first-order valence-corrected chi connectivity index (χ1v) is 40.2. The van der Waals surface area contributed by atoms with E-state index >= 15 is 0 Å². The molecule has 0 spiro atoms. The SMILES string of the molecule is CSC1=C(SC)SC(=C(C=C2SC3=C(S2)SC(=C2SC(SC)=C(SC)S2)S3)CCCCC(C=C2SC3=C(S2)SC(=C2SC(SC)=C(SC)S2)S3)=C2SC(SC)=C(SC)S2)S1. The molecule has 8 aliphatic heterocycles. The van der Waals surface area contributed by atoms with Crippen molar-refractivity contribution >= 4 is 282 Å². The highest BCUT2D eigenvalue weighted by Crippen LogP contribution is 2.73. The standard InChI is InChI=1S/C36H34S24/c1-37-21-22(38-2)50-19(49-21)15(13-17-45-29-30(46-17)58-35(57-29)33-53-25(41-5)26(42-6)54-33)11-9-10-12-16(20-51-23(39-3)24(40-4)52-20)14-18-47-31-32(48-18)60-36(59-31)34-55-27(43-7)28(44-8)56-34/h13-14H,9-12H2,1-8H3. The second kappa shape index (κ2) is 25.1. The summed E-state index contributed by atoms with van der Waals surface area (Å²) in [4.78, 5) is 0. The average molecular weight is 1240 g/mol. The molecule has 0 aromatic carbocycles. The Morgan fingerprint density at radius 3 is 0.767 bits per heavy atom. The average Bonchev–Trinajstić information content (AvgIpc) is 4.11. The number of thioether (sulfide) groups is 24. The third-order valence-corrected chi connectivity index (χ3v) is 41.2. The topological polar surface area (TPSA) is 0 Å². The summed E-state index contributed by atoms with van der Waals surface area (Å²) in [5.41, 5.74) is 3.03. The van der Waals surface area contributed by atoms with E-state index in [4.69, 9.17) is 0 Å². The predicted molar refractivity (Wildman–Crippen MR) is 334 cm³/mol. The Kier molecular flexibility index (Phi) is 21.6. The van der Waals surface area contributed by atoms with Gasteiger partial charge in [-0.15, -0.1) is 94.1 Å². The van der Waals surface area contributed by atoms with Gasteiger partial charge >= 0.3 is 0 Å². The first-order chi connectivity index (χ1) is 29.3. The van der Waals surface area contributed by atoms with E-state index in [1.165, 1.54) is 109 Å². The molecule has 0 nitrogen and oxygen atoms in total. The van der Waals surface area contributed by atoms with Crippen LogP contribution in [0.2, 0.25) is 0 Å². The van der Waals surface area contributed by atoms with Crippen LogP contribution in [0.1, 0.15) is 25.7 Å². The fourth-order valence-corrected chi connectivity index (χ4v) is 38.7.